The first kappa shape index (κ1) is 15.3. The van der Waals surface area contributed by atoms with Crippen LogP contribution in [0.5, 0.6) is 5.75 Å². The van der Waals surface area contributed by atoms with Crippen LogP contribution >= 0.6 is 0 Å². The van der Waals surface area contributed by atoms with Crippen molar-refractivity contribution in [2.75, 3.05) is 5.32 Å². The number of hydrogen-bond donors (Lipinski definition) is 2. The van der Waals surface area contributed by atoms with Crippen molar-refractivity contribution in [1.82, 2.24) is 0 Å². The average molecular weight is 276 g/mol. The topological polar surface area (TPSA) is 64.4 Å². The van der Waals surface area contributed by atoms with Crippen molar-refractivity contribution in [2.45, 2.75) is 32.2 Å². The van der Waals surface area contributed by atoms with Crippen LogP contribution in [0.1, 0.15) is 19.8 Å². The Kier molecular flexibility index (Phi) is 5.17. The Balaban J connectivity index is 2.59. The van der Waals surface area contributed by atoms with E-state index in [2.05, 4.69) is 10.1 Å². The summed E-state index contributed by atoms with van der Waals surface area (Å²) >= 11 is 0. The van der Waals surface area contributed by atoms with E-state index in [0.29, 0.717) is 6.42 Å². The van der Waals surface area contributed by atoms with E-state index in [1.165, 1.54) is 12.1 Å². The predicted molar refractivity (Wildman–Crippen MR) is 64.6 cm³/mol. The van der Waals surface area contributed by atoms with Gasteiger partial charge in [-0.15, -0.1) is 13.2 Å². The van der Waals surface area contributed by atoms with Crippen LogP contribution in [-0.2, 0) is 4.79 Å². The smallest absolute Gasteiger partial charge is 0.406 e. The zero-order valence-corrected chi connectivity index (χ0v) is 10.3. The molecule has 4 nitrogen and oxygen atoms in total. The van der Waals surface area contributed by atoms with Gasteiger partial charge in [0.2, 0.25) is 5.91 Å². The summed E-state index contributed by atoms with van der Waals surface area (Å²) in [6, 6.07) is 5.00. The molecule has 0 aliphatic heterocycles. The van der Waals surface area contributed by atoms with Gasteiger partial charge in [-0.1, -0.05) is 6.07 Å². The fourth-order valence-corrected chi connectivity index (χ4v) is 1.35. The molecule has 1 aromatic carbocycles. The molecular weight excluding hydrogens is 261 g/mol. The van der Waals surface area contributed by atoms with Gasteiger partial charge in [-0.05, 0) is 25.5 Å². The minimum atomic E-state index is -4.75. The Morgan fingerprint density at radius 1 is 1.47 bits per heavy atom. The highest BCUT2D eigenvalue weighted by Gasteiger charge is 2.31. The normalized spacial score (nSPS) is 12.9. The molecule has 0 aliphatic carbocycles. The second kappa shape index (κ2) is 6.42. The minimum absolute atomic E-state index is 0.106. The fourth-order valence-electron chi connectivity index (χ4n) is 1.35. The number of nitrogens with one attached hydrogen (secondary N) is 1. The molecule has 3 N–H and O–H groups in total. The van der Waals surface area contributed by atoms with E-state index < -0.39 is 6.36 Å². The quantitative estimate of drug-likeness (QED) is 0.869. The van der Waals surface area contributed by atoms with Crippen LogP contribution < -0.4 is 15.8 Å². The highest BCUT2D eigenvalue weighted by molar-refractivity contribution is 5.90. The number of carbonyl (C=O) groups excluding carboxylic acids is 1. The molecule has 0 saturated heterocycles. The summed E-state index contributed by atoms with van der Waals surface area (Å²) < 4.78 is 39.8. The molecule has 1 amide bonds. The standard InChI is InChI=1S/C12H15F3N2O2/c1-8(16)5-6-11(18)17-9-3-2-4-10(7-9)19-12(13,14)15/h2-4,7-8H,5-6,16H2,1H3,(H,17,18). The highest BCUT2D eigenvalue weighted by Crippen LogP contribution is 2.25. The second-order valence-corrected chi connectivity index (χ2v) is 4.14. The number of carbonyl (C=O) groups is 1. The number of anilines is 1. The van der Waals surface area contributed by atoms with Gasteiger partial charge in [-0.2, -0.15) is 0 Å². The lowest BCUT2D eigenvalue weighted by atomic mass is 10.2. The van der Waals surface area contributed by atoms with Gasteiger partial charge < -0.3 is 15.8 Å². The summed E-state index contributed by atoms with van der Waals surface area (Å²) in [5.41, 5.74) is 5.75. The summed E-state index contributed by atoms with van der Waals surface area (Å²) in [4.78, 5) is 11.5. The zero-order valence-electron chi connectivity index (χ0n) is 10.3. The van der Waals surface area contributed by atoms with E-state index >= 15 is 0 Å². The minimum Gasteiger partial charge on any atom is -0.406 e. The summed E-state index contributed by atoms with van der Waals surface area (Å²) in [6.45, 7) is 1.77. The maximum Gasteiger partial charge on any atom is 0.573 e. The molecule has 0 fully saturated rings. The summed E-state index contributed by atoms with van der Waals surface area (Å²) in [6.07, 6.45) is -4.04. The Morgan fingerprint density at radius 3 is 2.74 bits per heavy atom. The number of ether oxygens (including phenoxy) is 1. The number of nitrogens with two attached hydrogens (primary N) is 1. The fraction of sp³-hybridized carbons (Fsp3) is 0.417. The van der Waals surface area contributed by atoms with Crippen LogP contribution in [0.4, 0.5) is 18.9 Å². The number of amides is 1. The van der Waals surface area contributed by atoms with Crippen molar-refractivity contribution in [3.05, 3.63) is 24.3 Å². The van der Waals surface area contributed by atoms with E-state index in [1.54, 1.807) is 6.92 Å². The van der Waals surface area contributed by atoms with Crippen molar-refractivity contribution in [3.8, 4) is 5.75 Å². The maximum atomic E-state index is 12.0. The highest BCUT2D eigenvalue weighted by atomic mass is 19.4. The van der Waals surface area contributed by atoms with Crippen molar-refractivity contribution >= 4 is 11.6 Å². The van der Waals surface area contributed by atoms with E-state index in [0.717, 1.165) is 12.1 Å². The van der Waals surface area contributed by atoms with Gasteiger partial charge in [0.1, 0.15) is 5.75 Å². The molecule has 0 bridgehead atoms. The third-order valence-electron chi connectivity index (χ3n) is 2.18. The first-order valence-electron chi connectivity index (χ1n) is 5.67. The van der Waals surface area contributed by atoms with E-state index in [-0.39, 0.29) is 29.8 Å². The molecule has 1 aromatic rings. The van der Waals surface area contributed by atoms with Gasteiger partial charge in [-0.25, -0.2) is 0 Å². The number of alkyl halides is 3. The molecule has 1 atom stereocenters. The van der Waals surface area contributed by atoms with Crippen LogP contribution in [-0.4, -0.2) is 18.3 Å². The molecule has 7 heteroatoms. The molecule has 0 spiro atoms. The first-order valence-corrected chi connectivity index (χ1v) is 5.67. The lowest BCUT2D eigenvalue weighted by Crippen LogP contribution is -2.20. The Bertz CT molecular complexity index is 433. The molecule has 1 rings (SSSR count). The lowest BCUT2D eigenvalue weighted by molar-refractivity contribution is -0.274. The molecule has 0 aromatic heterocycles. The molecule has 0 radical (unpaired) electrons. The van der Waals surface area contributed by atoms with Crippen molar-refractivity contribution in [1.29, 1.82) is 0 Å². The SMILES string of the molecule is CC(N)CCC(=O)Nc1cccc(OC(F)(F)F)c1. The second-order valence-electron chi connectivity index (χ2n) is 4.14. The van der Waals surface area contributed by atoms with Crippen molar-refractivity contribution < 1.29 is 22.7 Å². The molecule has 19 heavy (non-hydrogen) atoms. The van der Waals surface area contributed by atoms with Crippen LogP contribution in [0.2, 0.25) is 0 Å². The van der Waals surface area contributed by atoms with Gasteiger partial charge in [0.15, 0.2) is 0 Å². The third kappa shape index (κ3) is 6.66. The number of halogens is 3. The van der Waals surface area contributed by atoms with E-state index in [9.17, 15) is 18.0 Å². The van der Waals surface area contributed by atoms with Crippen LogP contribution in [0.3, 0.4) is 0 Å². The average Bonchev–Trinajstić information content (AvgIpc) is 2.24. The van der Waals surface area contributed by atoms with Gasteiger partial charge in [0.25, 0.3) is 0 Å². The first-order chi connectivity index (χ1) is 8.76. The van der Waals surface area contributed by atoms with Gasteiger partial charge in [0.05, 0.1) is 0 Å². The van der Waals surface area contributed by atoms with Crippen LogP contribution in [0, 0.1) is 0 Å². The van der Waals surface area contributed by atoms with Gasteiger partial charge in [-0.3, -0.25) is 4.79 Å². The van der Waals surface area contributed by atoms with E-state index in [1.807, 2.05) is 0 Å². The molecule has 1 unspecified atom stereocenters. The maximum absolute atomic E-state index is 12.0. The van der Waals surface area contributed by atoms with Crippen LogP contribution in [0.25, 0.3) is 0 Å². The van der Waals surface area contributed by atoms with E-state index in [4.69, 9.17) is 5.73 Å². The van der Waals surface area contributed by atoms with Gasteiger partial charge in [0, 0.05) is 24.2 Å². The van der Waals surface area contributed by atoms with Gasteiger partial charge >= 0.3 is 6.36 Å². The molecule has 0 aliphatic rings. The Morgan fingerprint density at radius 2 is 2.16 bits per heavy atom. The molecule has 0 heterocycles. The Labute approximate surface area is 108 Å². The third-order valence-corrected chi connectivity index (χ3v) is 2.18. The number of benzene rings is 1. The van der Waals surface area contributed by atoms with Crippen molar-refractivity contribution in [2.24, 2.45) is 5.73 Å². The molecule has 0 saturated carbocycles. The lowest BCUT2D eigenvalue weighted by Gasteiger charge is -2.11. The summed E-state index contributed by atoms with van der Waals surface area (Å²) in [7, 11) is 0. The van der Waals surface area contributed by atoms with Crippen LogP contribution in [0.15, 0.2) is 24.3 Å². The largest absolute Gasteiger partial charge is 0.573 e. The number of hydrogen-bond acceptors (Lipinski definition) is 3. The predicted octanol–water partition coefficient (Wildman–Crippen LogP) is 2.65. The molecular formula is C12H15F3N2O2. The Hall–Kier alpha value is -1.76. The zero-order chi connectivity index (χ0) is 14.5. The number of rotatable bonds is 5. The summed E-state index contributed by atoms with van der Waals surface area (Å²) in [5, 5.41) is 2.48. The molecule has 106 valence electrons. The van der Waals surface area contributed by atoms with Crippen molar-refractivity contribution in [3.63, 3.8) is 0 Å². The monoisotopic (exact) mass is 276 g/mol. The summed E-state index contributed by atoms with van der Waals surface area (Å²) in [5.74, 6) is -0.682.